The SMILES string of the molecule is CCOC(=O)Nc1ccc(-c2c(C#N)c3ccc(OCCCN4CCCC4)cc3n2CC)cc1.CCOC(=O)Nc1ccc(-c2c(C#N)c3ccc(OCCCN4CCOCC4)cc3n2CC)cc1.CCOC(=O)Nc1ccc(-c2c(C#N)c3ccc(OCCCn4ccnn4)cc3n2CC)cc1.CCOC(=O)Nc1ccc(-c2c(C#N)c3ccc(OCCCn4cncn4)cc3n2CC)cc1. The maximum Gasteiger partial charge on any atom is 0.411 e. The number of nitriles is 4. The summed E-state index contributed by atoms with van der Waals surface area (Å²) in [5.74, 6) is 3.13. The highest BCUT2D eigenvalue weighted by atomic mass is 16.6. The van der Waals surface area contributed by atoms with Crippen LogP contribution in [0.5, 0.6) is 23.0 Å². The number of likely N-dealkylation sites (tertiary alicyclic amines) is 1. The second-order valence-electron chi connectivity index (χ2n) is 31.9. The Kier molecular flexibility index (Phi) is 36.0. The van der Waals surface area contributed by atoms with Gasteiger partial charge < -0.3 is 65.8 Å². The average Bonchev–Trinajstić information content (AvgIpc) is 1.62. The number of nitrogens with one attached hydrogen (secondary N) is 4. The normalized spacial score (nSPS) is 12.3. The molecule has 2 fully saturated rings. The molecule has 2 saturated heterocycles. The molecule has 4 N–H and O–H groups in total. The first kappa shape index (κ1) is 98.8. The minimum atomic E-state index is -0.496. The van der Waals surface area contributed by atoms with Gasteiger partial charge in [-0.2, -0.15) is 26.1 Å². The van der Waals surface area contributed by atoms with Crippen LogP contribution in [0.15, 0.2) is 195 Å². The Bertz CT molecular complexity index is 6340. The number of fused-ring (bicyclic) bond motifs is 4. The number of ether oxygens (including phenoxy) is 9. The number of nitrogens with zero attached hydrogens (tertiary/aromatic N) is 16. The van der Waals surface area contributed by atoms with Gasteiger partial charge in [-0.1, -0.05) is 53.7 Å². The van der Waals surface area contributed by atoms with Gasteiger partial charge in [0.25, 0.3) is 0 Å². The number of hydrogen-bond donors (Lipinski definition) is 4. The third-order valence-corrected chi connectivity index (χ3v) is 23.2. The lowest BCUT2D eigenvalue weighted by Crippen LogP contribution is -2.37. The maximum atomic E-state index is 11.7. The van der Waals surface area contributed by atoms with Crippen molar-refractivity contribution in [1.82, 2.24) is 57.8 Å². The highest BCUT2D eigenvalue weighted by molar-refractivity contribution is 6.00. The Labute approximate surface area is 796 Å². The van der Waals surface area contributed by atoms with Gasteiger partial charge in [0.1, 0.15) is 59.9 Å². The van der Waals surface area contributed by atoms with Crippen molar-refractivity contribution < 1.29 is 61.8 Å². The third-order valence-electron chi connectivity index (χ3n) is 23.2. The van der Waals surface area contributed by atoms with Gasteiger partial charge in [0.15, 0.2) is 0 Å². The number of amides is 4. The number of carbonyl (C=O) groups is 4. The van der Waals surface area contributed by atoms with Crippen LogP contribution < -0.4 is 40.2 Å². The molecular weight excluding hydrogens is 1740 g/mol. The maximum absolute atomic E-state index is 11.7. The molecule has 0 radical (unpaired) electrons. The van der Waals surface area contributed by atoms with E-state index in [1.165, 1.54) is 32.3 Å². The molecule has 2 aliphatic heterocycles. The smallest absolute Gasteiger partial charge is 0.411 e. The minimum Gasteiger partial charge on any atom is -0.493 e. The molecule has 16 rings (SSSR count). The first-order valence-electron chi connectivity index (χ1n) is 46.7. The van der Waals surface area contributed by atoms with Crippen molar-refractivity contribution in [3.05, 3.63) is 217 Å². The summed E-state index contributed by atoms with van der Waals surface area (Å²) in [5.41, 5.74) is 15.9. The summed E-state index contributed by atoms with van der Waals surface area (Å²) in [5, 5.41) is 66.1. The molecule has 4 amide bonds. The first-order chi connectivity index (χ1) is 67.1. The van der Waals surface area contributed by atoms with E-state index in [1.54, 1.807) is 73.8 Å². The second kappa shape index (κ2) is 49.9. The molecular formula is C104H116N20O13. The monoisotopic (exact) mass is 1850 g/mol. The van der Waals surface area contributed by atoms with Crippen molar-refractivity contribution in [2.24, 2.45) is 0 Å². The number of rotatable bonds is 36. The quantitative estimate of drug-likeness (QED) is 0.0209. The molecule has 0 saturated carbocycles. The molecule has 33 heteroatoms. The van der Waals surface area contributed by atoms with Crippen LogP contribution in [0.3, 0.4) is 0 Å². The Morgan fingerprint density at radius 2 is 0.664 bits per heavy atom. The number of aryl methyl sites for hydroxylation is 6. The van der Waals surface area contributed by atoms with E-state index in [4.69, 9.17) is 42.6 Å². The summed E-state index contributed by atoms with van der Waals surface area (Å²) in [4.78, 5) is 55.6. The molecule has 0 aliphatic carbocycles. The van der Waals surface area contributed by atoms with Gasteiger partial charge in [-0.15, -0.1) is 5.10 Å². The fourth-order valence-corrected chi connectivity index (χ4v) is 16.9. The lowest BCUT2D eigenvalue weighted by Gasteiger charge is -2.26. The van der Waals surface area contributed by atoms with E-state index < -0.39 is 24.4 Å². The predicted octanol–water partition coefficient (Wildman–Crippen LogP) is 20.2. The van der Waals surface area contributed by atoms with E-state index in [-0.39, 0.29) is 0 Å². The molecule has 0 atom stereocenters. The highest BCUT2D eigenvalue weighted by Crippen LogP contribution is 2.41. The van der Waals surface area contributed by atoms with Crippen LogP contribution in [0.4, 0.5) is 41.9 Å². The number of carbonyl (C=O) groups excluding carboxylic acids is 4. The highest BCUT2D eigenvalue weighted by Gasteiger charge is 2.26. The summed E-state index contributed by atoms with van der Waals surface area (Å²) < 4.78 is 61.2. The van der Waals surface area contributed by atoms with Crippen molar-refractivity contribution in [2.75, 3.05) is 127 Å². The second-order valence-corrected chi connectivity index (χ2v) is 31.9. The zero-order chi connectivity index (χ0) is 96.4. The lowest BCUT2D eigenvalue weighted by molar-refractivity contribution is 0.0358. The summed E-state index contributed by atoms with van der Waals surface area (Å²) in [6.07, 6.45) is 10.9. The van der Waals surface area contributed by atoms with Gasteiger partial charge in [-0.25, -0.2) is 24.2 Å². The van der Waals surface area contributed by atoms with Crippen molar-refractivity contribution in [2.45, 2.75) is 133 Å². The van der Waals surface area contributed by atoms with E-state index >= 15 is 0 Å². The zero-order valence-corrected chi connectivity index (χ0v) is 78.7. The van der Waals surface area contributed by atoms with Crippen LogP contribution in [-0.4, -0.2) is 188 Å². The average molecular weight is 1850 g/mol. The third kappa shape index (κ3) is 25.4. The van der Waals surface area contributed by atoms with Gasteiger partial charge in [0.2, 0.25) is 0 Å². The van der Waals surface area contributed by atoms with E-state index in [1.807, 2.05) is 166 Å². The topological polar surface area (TPSA) is 382 Å². The number of hydrogen-bond acceptors (Lipinski definition) is 23. The van der Waals surface area contributed by atoms with Crippen molar-refractivity contribution in [1.29, 1.82) is 21.0 Å². The fourth-order valence-electron chi connectivity index (χ4n) is 16.9. The standard InChI is InChI=1S/C27H32N4O4.C27H32N4O3.2C25H26N6O3/c1-3-31-25-18-22(35-15-5-12-30-13-16-33-17-14-30)10-11-23(25)24(19-28)26(31)20-6-8-21(9-7-20)29-27(32)34-4-2;1-3-31-25-18-22(34-17-7-16-30-14-5-6-15-30)12-13-23(25)24(19-28)26(31)20-8-10-21(11-9-20)29-27(32)33-4-2;1-3-31-23-16-20(34-15-5-13-30-14-12-27-29-30)10-11-21(23)22(17-26)24(31)18-6-8-19(9-7-18)28-25(32)33-4-2;1-3-31-23-14-20(34-13-5-12-30-17-27-16-28-30)10-11-21(23)22(15-26)24(31)18-6-8-19(9-7-18)29-25(32)33-4-2/h6-11,18H,3-5,12-17H2,1-2H3,(H,29,32);8-13,18H,3-7,14-17H2,1-2H3,(H,29,32);6-12,14,16H,3-5,13,15H2,1-2H3,(H,28,32);6-11,14,16-17H,3-5,12-13H2,1-2H3,(H,29,32). The molecule has 6 aromatic heterocycles. The summed E-state index contributed by atoms with van der Waals surface area (Å²) in [7, 11) is 0. The number of aromatic nitrogens is 10. The van der Waals surface area contributed by atoms with Crippen molar-refractivity contribution in [3.63, 3.8) is 0 Å². The zero-order valence-electron chi connectivity index (χ0n) is 78.7. The Morgan fingerprint density at radius 3 is 0.927 bits per heavy atom. The first-order valence-corrected chi connectivity index (χ1v) is 46.7. The summed E-state index contributed by atoms with van der Waals surface area (Å²) in [6.45, 7) is 31.3. The Balaban J connectivity index is 0.000000154. The van der Waals surface area contributed by atoms with Gasteiger partial charge in [-0.05, 0) is 213 Å². The van der Waals surface area contributed by atoms with Gasteiger partial charge >= 0.3 is 24.4 Å². The van der Waals surface area contributed by atoms with E-state index in [0.717, 1.165) is 196 Å². The molecule has 33 nitrogen and oxygen atoms in total. The van der Waals surface area contributed by atoms with Crippen molar-refractivity contribution in [3.8, 4) is 92.3 Å². The predicted molar refractivity (Wildman–Crippen MR) is 527 cm³/mol. The van der Waals surface area contributed by atoms with Crippen LogP contribution in [0.1, 0.15) is 116 Å². The fraction of sp³-hybridized carbons (Fsp3) is 0.346. The summed E-state index contributed by atoms with van der Waals surface area (Å²) in [6, 6.07) is 62.8. The van der Waals surface area contributed by atoms with Crippen LogP contribution in [-0.2, 0) is 63.0 Å². The van der Waals surface area contributed by atoms with Crippen LogP contribution >= 0.6 is 0 Å². The molecule has 0 spiro atoms. The Morgan fingerprint density at radius 1 is 0.372 bits per heavy atom. The van der Waals surface area contributed by atoms with Crippen LogP contribution in [0.25, 0.3) is 88.6 Å². The molecule has 710 valence electrons. The molecule has 0 unspecified atom stereocenters. The van der Waals surface area contributed by atoms with Crippen LogP contribution in [0.2, 0.25) is 0 Å². The molecule has 0 bridgehead atoms. The van der Waals surface area contributed by atoms with E-state index in [9.17, 15) is 40.2 Å². The lowest BCUT2D eigenvalue weighted by atomic mass is 10.1. The van der Waals surface area contributed by atoms with Gasteiger partial charge in [-0.3, -0.25) is 35.5 Å². The Hall–Kier alpha value is -15.7. The number of benzene rings is 8. The minimum absolute atomic E-state index is 0.305. The molecule has 2 aliphatic rings. The van der Waals surface area contributed by atoms with Crippen molar-refractivity contribution >= 4 is 90.7 Å². The summed E-state index contributed by atoms with van der Waals surface area (Å²) >= 11 is 0. The van der Waals surface area contributed by atoms with Crippen LogP contribution in [0, 0.1) is 45.3 Å². The van der Waals surface area contributed by atoms with E-state index in [2.05, 4.69) is 108 Å². The largest absolute Gasteiger partial charge is 0.493 e. The number of morpholine rings is 1. The van der Waals surface area contributed by atoms with E-state index in [0.29, 0.717) is 117 Å². The molecule has 14 aromatic rings. The molecule has 137 heavy (non-hydrogen) atoms. The number of anilines is 4. The van der Waals surface area contributed by atoms with Gasteiger partial charge in [0, 0.05) is 153 Å². The molecule has 8 aromatic carbocycles. The van der Waals surface area contributed by atoms with Gasteiger partial charge in [0.05, 0.1) is 139 Å². The molecule has 8 heterocycles.